The predicted molar refractivity (Wildman–Crippen MR) is 84.6 cm³/mol. The van der Waals surface area contributed by atoms with E-state index in [1.54, 1.807) is 0 Å². The van der Waals surface area contributed by atoms with Gasteiger partial charge in [0.05, 0.1) is 0 Å². The fourth-order valence-electron chi connectivity index (χ4n) is 3.05. The van der Waals surface area contributed by atoms with Gasteiger partial charge in [-0.15, -0.1) is 0 Å². The van der Waals surface area contributed by atoms with Gasteiger partial charge >= 0.3 is 12.0 Å². The van der Waals surface area contributed by atoms with E-state index in [2.05, 4.69) is 5.32 Å². The van der Waals surface area contributed by atoms with Crippen LogP contribution in [0, 0.1) is 11.8 Å². The SMILES string of the molecule is O=C(O)CCC1CCN(C(=O)NCC2CCSCC2)CC1. The van der Waals surface area contributed by atoms with E-state index in [0.717, 1.165) is 38.9 Å². The van der Waals surface area contributed by atoms with Gasteiger partial charge in [-0.3, -0.25) is 4.79 Å². The van der Waals surface area contributed by atoms with Crippen LogP contribution >= 0.6 is 11.8 Å². The zero-order valence-electron chi connectivity index (χ0n) is 12.6. The van der Waals surface area contributed by atoms with Crippen LogP contribution in [-0.4, -0.2) is 53.1 Å². The lowest BCUT2D eigenvalue weighted by Crippen LogP contribution is -2.46. The first-order chi connectivity index (χ1) is 10.1. The summed E-state index contributed by atoms with van der Waals surface area (Å²) in [5, 5.41) is 11.8. The van der Waals surface area contributed by atoms with Crippen molar-refractivity contribution in [2.45, 2.75) is 38.5 Å². The van der Waals surface area contributed by atoms with Crippen molar-refractivity contribution in [2.24, 2.45) is 11.8 Å². The van der Waals surface area contributed by atoms with Gasteiger partial charge in [0.1, 0.15) is 0 Å². The van der Waals surface area contributed by atoms with Gasteiger partial charge in [-0.05, 0) is 55.4 Å². The molecule has 6 heteroatoms. The first-order valence-corrected chi connectivity index (χ1v) is 9.13. The van der Waals surface area contributed by atoms with Crippen molar-refractivity contribution in [1.82, 2.24) is 10.2 Å². The van der Waals surface area contributed by atoms with Gasteiger partial charge < -0.3 is 15.3 Å². The van der Waals surface area contributed by atoms with E-state index in [1.807, 2.05) is 16.7 Å². The maximum absolute atomic E-state index is 12.1. The summed E-state index contributed by atoms with van der Waals surface area (Å²) in [7, 11) is 0. The van der Waals surface area contributed by atoms with E-state index in [9.17, 15) is 9.59 Å². The lowest BCUT2D eigenvalue weighted by molar-refractivity contribution is -0.137. The summed E-state index contributed by atoms with van der Waals surface area (Å²) in [5.41, 5.74) is 0. The van der Waals surface area contributed by atoms with Gasteiger partial charge in [-0.25, -0.2) is 4.79 Å². The topological polar surface area (TPSA) is 69.6 Å². The van der Waals surface area contributed by atoms with Crippen molar-refractivity contribution < 1.29 is 14.7 Å². The number of carboxylic acid groups (broad SMARTS) is 1. The Morgan fingerprint density at radius 2 is 1.76 bits per heavy atom. The standard InChI is InChI=1S/C15H26N2O3S/c18-14(19)2-1-12-3-7-17(8-4-12)15(20)16-11-13-5-9-21-10-6-13/h12-13H,1-11H2,(H,16,20)(H,18,19). The maximum Gasteiger partial charge on any atom is 0.317 e. The highest BCUT2D eigenvalue weighted by atomic mass is 32.2. The number of likely N-dealkylation sites (tertiary alicyclic amines) is 1. The van der Waals surface area contributed by atoms with Crippen LogP contribution in [0.25, 0.3) is 0 Å². The highest BCUT2D eigenvalue weighted by Gasteiger charge is 2.23. The number of piperidine rings is 1. The Bertz CT molecular complexity index is 351. The molecule has 2 aliphatic heterocycles. The summed E-state index contributed by atoms with van der Waals surface area (Å²) in [6.07, 6.45) is 5.27. The zero-order chi connectivity index (χ0) is 15.1. The highest BCUT2D eigenvalue weighted by Crippen LogP contribution is 2.23. The number of hydrogen-bond acceptors (Lipinski definition) is 3. The van der Waals surface area contributed by atoms with Crippen LogP contribution in [0.2, 0.25) is 0 Å². The predicted octanol–water partition coefficient (Wildman–Crippen LogP) is 2.42. The van der Waals surface area contributed by atoms with E-state index in [1.165, 1.54) is 24.3 Å². The molecule has 0 bridgehead atoms. The number of nitrogens with one attached hydrogen (secondary N) is 1. The highest BCUT2D eigenvalue weighted by molar-refractivity contribution is 7.99. The molecular formula is C15H26N2O3S. The minimum absolute atomic E-state index is 0.0601. The number of aliphatic carboxylic acids is 1. The van der Waals surface area contributed by atoms with Crippen molar-refractivity contribution >= 4 is 23.8 Å². The Hall–Kier alpha value is -0.910. The first kappa shape index (κ1) is 16.5. The molecule has 2 N–H and O–H groups in total. The van der Waals surface area contributed by atoms with E-state index >= 15 is 0 Å². The molecule has 2 heterocycles. The largest absolute Gasteiger partial charge is 0.481 e. The lowest BCUT2D eigenvalue weighted by atomic mass is 9.92. The molecule has 0 atom stereocenters. The monoisotopic (exact) mass is 314 g/mol. The molecule has 120 valence electrons. The summed E-state index contributed by atoms with van der Waals surface area (Å²) in [4.78, 5) is 24.6. The van der Waals surface area contributed by atoms with E-state index < -0.39 is 5.97 Å². The molecule has 21 heavy (non-hydrogen) atoms. The molecule has 0 aromatic heterocycles. The molecule has 2 saturated heterocycles. The van der Waals surface area contributed by atoms with Crippen LogP contribution < -0.4 is 5.32 Å². The van der Waals surface area contributed by atoms with Gasteiger partial charge in [-0.1, -0.05) is 0 Å². The number of carboxylic acids is 1. The molecule has 0 aromatic rings. The number of nitrogens with zero attached hydrogens (tertiary/aromatic N) is 1. The smallest absolute Gasteiger partial charge is 0.317 e. The third kappa shape index (κ3) is 5.77. The number of rotatable bonds is 5. The molecule has 5 nitrogen and oxygen atoms in total. The van der Waals surface area contributed by atoms with Crippen LogP contribution in [0.1, 0.15) is 38.5 Å². The summed E-state index contributed by atoms with van der Waals surface area (Å²) < 4.78 is 0. The van der Waals surface area contributed by atoms with E-state index in [0.29, 0.717) is 11.8 Å². The quantitative estimate of drug-likeness (QED) is 0.817. The Kier molecular flexibility index (Phi) is 6.67. The van der Waals surface area contributed by atoms with Gasteiger partial charge in [0.2, 0.25) is 0 Å². The number of thioether (sulfide) groups is 1. The van der Waals surface area contributed by atoms with Crippen LogP contribution in [0.3, 0.4) is 0 Å². The summed E-state index contributed by atoms with van der Waals surface area (Å²) in [6.45, 7) is 2.33. The molecule has 0 saturated carbocycles. The average molecular weight is 314 g/mol. The minimum Gasteiger partial charge on any atom is -0.481 e. The molecule has 2 aliphatic rings. The number of amides is 2. The molecular weight excluding hydrogens is 288 g/mol. The van der Waals surface area contributed by atoms with Crippen molar-refractivity contribution in [3.8, 4) is 0 Å². The third-order valence-corrected chi connectivity index (χ3v) is 5.60. The number of urea groups is 1. The molecule has 2 rings (SSSR count). The fraction of sp³-hybridized carbons (Fsp3) is 0.867. The molecule has 0 radical (unpaired) electrons. The second-order valence-corrected chi connectivity index (χ2v) is 7.33. The van der Waals surface area contributed by atoms with Gasteiger partial charge in [0.15, 0.2) is 0 Å². The van der Waals surface area contributed by atoms with Crippen LogP contribution in [0.5, 0.6) is 0 Å². The zero-order valence-corrected chi connectivity index (χ0v) is 13.4. The average Bonchev–Trinajstić information content (AvgIpc) is 2.52. The number of carbonyl (C=O) groups excluding carboxylic acids is 1. The minimum atomic E-state index is -0.721. The van der Waals surface area contributed by atoms with Crippen molar-refractivity contribution in [1.29, 1.82) is 0 Å². The van der Waals surface area contributed by atoms with Crippen molar-refractivity contribution in [3.63, 3.8) is 0 Å². The van der Waals surface area contributed by atoms with Crippen LogP contribution in [-0.2, 0) is 4.79 Å². The van der Waals surface area contributed by atoms with Gasteiger partial charge in [0.25, 0.3) is 0 Å². The molecule has 0 aromatic carbocycles. The van der Waals surface area contributed by atoms with Crippen molar-refractivity contribution in [3.05, 3.63) is 0 Å². The second-order valence-electron chi connectivity index (χ2n) is 6.10. The van der Waals surface area contributed by atoms with Crippen LogP contribution in [0.15, 0.2) is 0 Å². The lowest BCUT2D eigenvalue weighted by Gasteiger charge is -2.32. The first-order valence-electron chi connectivity index (χ1n) is 7.97. The summed E-state index contributed by atoms with van der Waals surface area (Å²) >= 11 is 2.00. The Balaban J connectivity index is 1.62. The Morgan fingerprint density at radius 1 is 1.10 bits per heavy atom. The molecule has 0 spiro atoms. The molecule has 2 amide bonds. The number of carbonyl (C=O) groups is 2. The maximum atomic E-state index is 12.1. The fourth-order valence-corrected chi connectivity index (χ4v) is 4.25. The molecule has 0 unspecified atom stereocenters. The summed E-state index contributed by atoms with van der Waals surface area (Å²) in [5.74, 6) is 2.81. The number of hydrogen-bond donors (Lipinski definition) is 2. The van der Waals surface area contributed by atoms with Crippen molar-refractivity contribution in [2.75, 3.05) is 31.1 Å². The third-order valence-electron chi connectivity index (χ3n) is 4.55. The van der Waals surface area contributed by atoms with E-state index in [-0.39, 0.29) is 12.5 Å². The molecule has 2 fully saturated rings. The van der Waals surface area contributed by atoms with Gasteiger partial charge in [-0.2, -0.15) is 11.8 Å². The Labute approximate surface area is 130 Å². The summed E-state index contributed by atoms with van der Waals surface area (Å²) in [6, 6.07) is 0.0601. The van der Waals surface area contributed by atoms with Crippen LogP contribution in [0.4, 0.5) is 4.79 Å². The Morgan fingerprint density at radius 3 is 2.38 bits per heavy atom. The van der Waals surface area contributed by atoms with Gasteiger partial charge in [0, 0.05) is 26.1 Å². The normalized spacial score (nSPS) is 21.2. The van der Waals surface area contributed by atoms with E-state index in [4.69, 9.17) is 5.11 Å². The second kappa shape index (κ2) is 8.51. The molecule has 0 aliphatic carbocycles.